The topological polar surface area (TPSA) is 51.8 Å². The van der Waals surface area contributed by atoms with Gasteiger partial charge in [-0.25, -0.2) is 4.98 Å². The highest BCUT2D eigenvalue weighted by molar-refractivity contribution is 9.10. The second-order valence-electron chi connectivity index (χ2n) is 3.44. The van der Waals surface area contributed by atoms with Crippen molar-refractivity contribution in [3.8, 4) is 11.1 Å². The van der Waals surface area contributed by atoms with Gasteiger partial charge in [0.05, 0.1) is 10.2 Å². The van der Waals surface area contributed by atoms with E-state index in [4.69, 9.17) is 5.73 Å². The lowest BCUT2D eigenvalue weighted by Gasteiger charge is -2.09. The minimum Gasteiger partial charge on any atom is -0.383 e. The molecule has 0 spiro atoms. The van der Waals surface area contributed by atoms with E-state index in [0.717, 1.165) is 27.7 Å². The van der Waals surface area contributed by atoms with Crippen LogP contribution in [-0.4, -0.2) is 9.97 Å². The number of hydrogen-bond acceptors (Lipinski definition) is 3. The smallest absolute Gasteiger partial charge is 0.138 e. The van der Waals surface area contributed by atoms with E-state index in [9.17, 15) is 0 Å². The Balaban J connectivity index is 2.60. The van der Waals surface area contributed by atoms with Gasteiger partial charge in [0.25, 0.3) is 0 Å². The highest BCUT2D eigenvalue weighted by atomic mass is 79.9. The monoisotopic (exact) mass is 277 g/mol. The average molecular weight is 278 g/mol. The summed E-state index contributed by atoms with van der Waals surface area (Å²) in [5.74, 6) is 0.537. The summed E-state index contributed by atoms with van der Waals surface area (Å²) in [7, 11) is 0. The van der Waals surface area contributed by atoms with Crippen LogP contribution >= 0.6 is 15.9 Å². The number of aryl methyl sites for hydroxylation is 1. The Morgan fingerprint density at radius 2 is 2.00 bits per heavy atom. The van der Waals surface area contributed by atoms with E-state index in [0.29, 0.717) is 5.82 Å². The van der Waals surface area contributed by atoms with Crippen LogP contribution in [0.2, 0.25) is 0 Å². The van der Waals surface area contributed by atoms with Crippen molar-refractivity contribution in [1.29, 1.82) is 0 Å². The molecule has 0 aliphatic carbocycles. The lowest BCUT2D eigenvalue weighted by molar-refractivity contribution is 1.04. The van der Waals surface area contributed by atoms with Crippen molar-refractivity contribution in [1.82, 2.24) is 9.97 Å². The summed E-state index contributed by atoms with van der Waals surface area (Å²) >= 11 is 3.40. The number of nitrogen functional groups attached to an aromatic ring is 1. The minimum absolute atomic E-state index is 0.537. The zero-order valence-electron chi connectivity index (χ0n) is 8.94. The molecule has 2 N–H and O–H groups in total. The number of nitrogens with two attached hydrogens (primary N) is 1. The Bertz CT molecular complexity index is 497. The number of hydrogen-bond donors (Lipinski definition) is 1. The first-order valence-corrected chi connectivity index (χ1v) is 5.87. The molecule has 0 bridgehead atoms. The van der Waals surface area contributed by atoms with Gasteiger partial charge in [-0.3, -0.25) is 4.98 Å². The van der Waals surface area contributed by atoms with Gasteiger partial charge in [-0.05, 0) is 46.1 Å². The molecule has 0 radical (unpaired) electrons. The number of pyridine rings is 2. The molecule has 2 heterocycles. The maximum atomic E-state index is 5.77. The van der Waals surface area contributed by atoms with E-state index in [-0.39, 0.29) is 0 Å². The quantitative estimate of drug-likeness (QED) is 0.918. The Hall–Kier alpha value is -1.42. The fraction of sp³-hybridized carbons (Fsp3) is 0.167. The van der Waals surface area contributed by atoms with Crippen LogP contribution in [0.3, 0.4) is 0 Å². The van der Waals surface area contributed by atoms with E-state index >= 15 is 0 Å². The molecular weight excluding hydrogens is 266 g/mol. The third-order valence-electron chi connectivity index (χ3n) is 2.41. The summed E-state index contributed by atoms with van der Waals surface area (Å²) in [5, 5.41) is 0. The second-order valence-corrected chi connectivity index (χ2v) is 4.29. The van der Waals surface area contributed by atoms with Crippen molar-refractivity contribution < 1.29 is 0 Å². The molecule has 0 aliphatic heterocycles. The highest BCUT2D eigenvalue weighted by Crippen LogP contribution is 2.28. The molecule has 4 heteroatoms. The van der Waals surface area contributed by atoms with Crippen molar-refractivity contribution in [2.24, 2.45) is 0 Å². The number of anilines is 1. The zero-order chi connectivity index (χ0) is 11.5. The fourth-order valence-corrected chi connectivity index (χ4v) is 1.91. The Morgan fingerprint density at radius 1 is 1.31 bits per heavy atom. The summed E-state index contributed by atoms with van der Waals surface area (Å²) in [6.45, 7) is 2.07. The third-order valence-corrected chi connectivity index (χ3v) is 3.04. The number of rotatable bonds is 2. The molecule has 2 aromatic rings. The molecule has 82 valence electrons. The van der Waals surface area contributed by atoms with Gasteiger partial charge in [0, 0.05) is 18.0 Å². The largest absolute Gasteiger partial charge is 0.383 e. The molecule has 3 nitrogen and oxygen atoms in total. The van der Waals surface area contributed by atoms with Crippen molar-refractivity contribution in [3.63, 3.8) is 0 Å². The third kappa shape index (κ3) is 2.07. The molecule has 0 aromatic carbocycles. The van der Waals surface area contributed by atoms with E-state index in [1.807, 2.05) is 18.2 Å². The maximum absolute atomic E-state index is 5.77. The number of halogens is 1. The van der Waals surface area contributed by atoms with Gasteiger partial charge < -0.3 is 5.73 Å². The molecular formula is C12H12BrN3. The first kappa shape index (κ1) is 11.1. The van der Waals surface area contributed by atoms with Gasteiger partial charge in [0.1, 0.15) is 5.82 Å². The van der Waals surface area contributed by atoms with Gasteiger partial charge in [-0.2, -0.15) is 0 Å². The predicted molar refractivity (Wildman–Crippen MR) is 69.0 cm³/mol. The minimum atomic E-state index is 0.537. The fourth-order valence-electron chi connectivity index (χ4n) is 1.59. The molecule has 16 heavy (non-hydrogen) atoms. The van der Waals surface area contributed by atoms with Crippen LogP contribution in [0.1, 0.15) is 12.6 Å². The van der Waals surface area contributed by atoms with Gasteiger partial charge >= 0.3 is 0 Å². The highest BCUT2D eigenvalue weighted by Gasteiger charge is 2.08. The normalized spacial score (nSPS) is 10.4. The van der Waals surface area contributed by atoms with Gasteiger partial charge in [0.2, 0.25) is 0 Å². The number of nitrogens with zero attached hydrogens (tertiary/aromatic N) is 2. The van der Waals surface area contributed by atoms with Crippen LogP contribution in [0.15, 0.2) is 35.1 Å². The van der Waals surface area contributed by atoms with Crippen LogP contribution in [-0.2, 0) is 6.42 Å². The van der Waals surface area contributed by atoms with Crippen LogP contribution in [0, 0.1) is 0 Å². The van der Waals surface area contributed by atoms with Crippen molar-refractivity contribution >= 4 is 21.7 Å². The summed E-state index contributed by atoms with van der Waals surface area (Å²) < 4.78 is 0.830. The van der Waals surface area contributed by atoms with Gasteiger partial charge in [-0.15, -0.1) is 0 Å². The summed E-state index contributed by atoms with van der Waals surface area (Å²) in [6.07, 6.45) is 4.41. The molecule has 2 rings (SSSR count). The molecule has 0 fully saturated rings. The summed E-state index contributed by atoms with van der Waals surface area (Å²) in [6, 6.07) is 5.95. The molecule has 0 unspecified atom stereocenters. The average Bonchev–Trinajstić information content (AvgIpc) is 2.33. The predicted octanol–water partition coefficient (Wildman–Crippen LogP) is 3.05. The van der Waals surface area contributed by atoms with Gasteiger partial charge in [0.15, 0.2) is 0 Å². The van der Waals surface area contributed by atoms with Crippen LogP contribution < -0.4 is 5.73 Å². The molecule has 0 amide bonds. The van der Waals surface area contributed by atoms with E-state index in [2.05, 4.69) is 32.8 Å². The SMILES string of the molecule is CCc1nc(N)c(Br)cc1-c1ccncc1. The van der Waals surface area contributed by atoms with E-state index < -0.39 is 0 Å². The Labute approximate surface area is 103 Å². The van der Waals surface area contributed by atoms with Crippen LogP contribution in [0.4, 0.5) is 5.82 Å². The number of aromatic nitrogens is 2. The maximum Gasteiger partial charge on any atom is 0.138 e. The van der Waals surface area contributed by atoms with Crippen molar-refractivity contribution in [3.05, 3.63) is 40.8 Å². The van der Waals surface area contributed by atoms with Crippen LogP contribution in [0.25, 0.3) is 11.1 Å². The van der Waals surface area contributed by atoms with E-state index in [1.165, 1.54) is 0 Å². The lowest BCUT2D eigenvalue weighted by atomic mass is 10.0. The molecule has 0 saturated carbocycles. The summed E-state index contributed by atoms with van der Waals surface area (Å²) in [4.78, 5) is 8.39. The lowest BCUT2D eigenvalue weighted by Crippen LogP contribution is -1.99. The van der Waals surface area contributed by atoms with Gasteiger partial charge in [-0.1, -0.05) is 6.92 Å². The van der Waals surface area contributed by atoms with E-state index in [1.54, 1.807) is 12.4 Å². The molecule has 0 aliphatic rings. The molecule has 0 atom stereocenters. The standard InChI is InChI=1S/C12H12BrN3/c1-2-11-9(7-10(13)12(14)16-11)8-3-5-15-6-4-8/h3-7H,2H2,1H3,(H2,14,16). The second kappa shape index (κ2) is 4.61. The van der Waals surface area contributed by atoms with Crippen molar-refractivity contribution in [2.75, 3.05) is 5.73 Å². The Morgan fingerprint density at radius 3 is 2.62 bits per heavy atom. The Kier molecular flexibility index (Phi) is 3.19. The molecule has 0 saturated heterocycles. The summed E-state index contributed by atoms with van der Waals surface area (Å²) in [5.41, 5.74) is 8.99. The van der Waals surface area contributed by atoms with Crippen molar-refractivity contribution in [2.45, 2.75) is 13.3 Å². The zero-order valence-corrected chi connectivity index (χ0v) is 10.5. The molecule has 2 aromatic heterocycles. The first-order valence-electron chi connectivity index (χ1n) is 5.07. The van der Waals surface area contributed by atoms with Crippen LogP contribution in [0.5, 0.6) is 0 Å². The first-order chi connectivity index (χ1) is 7.72.